The molecule has 0 saturated carbocycles. The zero-order chi connectivity index (χ0) is 15.2. The smallest absolute Gasteiger partial charge is 0.0264 e. The standard InChI is InChI=1S/C18H20Cl2S/c1-13-3-5-17(11-15(13)7-9-19)21-18-6-4-14(2)16(12-18)8-10-20/h3-6,11-12H,7-10H2,1-2H3. The first kappa shape index (κ1) is 16.7. The van der Waals surface area contributed by atoms with E-state index >= 15 is 0 Å². The fourth-order valence-electron chi connectivity index (χ4n) is 2.30. The predicted molar refractivity (Wildman–Crippen MR) is 95.3 cm³/mol. The first-order chi connectivity index (χ1) is 10.1. The summed E-state index contributed by atoms with van der Waals surface area (Å²) in [5.41, 5.74) is 5.30. The molecule has 0 aliphatic carbocycles. The monoisotopic (exact) mass is 338 g/mol. The molecule has 2 rings (SSSR count). The summed E-state index contributed by atoms with van der Waals surface area (Å²) in [6.07, 6.45) is 1.85. The van der Waals surface area contributed by atoms with E-state index in [-0.39, 0.29) is 0 Å². The second-order valence-electron chi connectivity index (χ2n) is 5.16. The molecular weight excluding hydrogens is 319 g/mol. The maximum absolute atomic E-state index is 5.87. The summed E-state index contributed by atoms with van der Waals surface area (Å²) in [6, 6.07) is 13.2. The Kier molecular flexibility index (Phi) is 6.47. The lowest BCUT2D eigenvalue weighted by Crippen LogP contribution is -1.92. The molecule has 2 aromatic carbocycles. The van der Waals surface area contributed by atoms with Crippen LogP contribution in [0.1, 0.15) is 22.3 Å². The van der Waals surface area contributed by atoms with E-state index in [0.717, 1.165) is 12.8 Å². The Morgan fingerprint density at radius 2 is 1.19 bits per heavy atom. The van der Waals surface area contributed by atoms with E-state index in [4.69, 9.17) is 23.2 Å². The van der Waals surface area contributed by atoms with Crippen LogP contribution in [0.5, 0.6) is 0 Å². The summed E-state index contributed by atoms with van der Waals surface area (Å²) in [7, 11) is 0. The molecule has 0 fully saturated rings. The van der Waals surface area contributed by atoms with Crippen molar-refractivity contribution in [3.8, 4) is 0 Å². The largest absolute Gasteiger partial charge is 0.126 e. The van der Waals surface area contributed by atoms with E-state index < -0.39 is 0 Å². The minimum Gasteiger partial charge on any atom is -0.126 e. The normalized spacial score (nSPS) is 10.9. The van der Waals surface area contributed by atoms with E-state index in [9.17, 15) is 0 Å². The zero-order valence-corrected chi connectivity index (χ0v) is 14.8. The van der Waals surface area contributed by atoms with E-state index in [2.05, 4.69) is 50.2 Å². The van der Waals surface area contributed by atoms with E-state index in [0.29, 0.717) is 11.8 Å². The van der Waals surface area contributed by atoms with Gasteiger partial charge in [0.2, 0.25) is 0 Å². The molecule has 21 heavy (non-hydrogen) atoms. The third-order valence-corrected chi connectivity index (χ3v) is 4.96. The number of alkyl halides is 2. The molecule has 0 spiro atoms. The number of hydrogen-bond donors (Lipinski definition) is 0. The van der Waals surface area contributed by atoms with Crippen molar-refractivity contribution < 1.29 is 0 Å². The molecule has 0 N–H and O–H groups in total. The molecule has 0 unspecified atom stereocenters. The Hall–Kier alpha value is -0.630. The molecule has 0 aliphatic rings. The Bertz CT molecular complexity index is 555. The average molecular weight is 339 g/mol. The quantitative estimate of drug-likeness (QED) is 0.580. The van der Waals surface area contributed by atoms with Crippen molar-refractivity contribution in [1.82, 2.24) is 0 Å². The minimum atomic E-state index is 0.666. The molecule has 0 bridgehead atoms. The maximum atomic E-state index is 5.87. The molecule has 0 aromatic heterocycles. The average Bonchev–Trinajstić information content (AvgIpc) is 2.47. The Morgan fingerprint density at radius 1 is 0.762 bits per heavy atom. The summed E-state index contributed by atoms with van der Waals surface area (Å²) in [5.74, 6) is 1.33. The number of hydrogen-bond acceptors (Lipinski definition) is 1. The SMILES string of the molecule is Cc1ccc(Sc2ccc(C)c(CCCl)c2)cc1CCCl. The van der Waals surface area contributed by atoms with Crippen LogP contribution in [0.15, 0.2) is 46.2 Å². The molecular formula is C18H20Cl2S. The molecule has 3 heteroatoms. The molecule has 0 saturated heterocycles. The lowest BCUT2D eigenvalue weighted by atomic mass is 10.1. The van der Waals surface area contributed by atoms with Crippen molar-refractivity contribution in [3.63, 3.8) is 0 Å². The van der Waals surface area contributed by atoms with Crippen LogP contribution in [0.3, 0.4) is 0 Å². The van der Waals surface area contributed by atoms with Gasteiger partial charge in [0.25, 0.3) is 0 Å². The van der Waals surface area contributed by atoms with Crippen molar-refractivity contribution in [3.05, 3.63) is 58.7 Å². The van der Waals surface area contributed by atoms with Crippen molar-refractivity contribution in [2.75, 3.05) is 11.8 Å². The Balaban J connectivity index is 2.21. The fraction of sp³-hybridized carbons (Fsp3) is 0.333. The van der Waals surface area contributed by atoms with Crippen molar-refractivity contribution in [1.29, 1.82) is 0 Å². The number of benzene rings is 2. The van der Waals surface area contributed by atoms with Crippen molar-refractivity contribution in [2.45, 2.75) is 36.5 Å². The van der Waals surface area contributed by atoms with Gasteiger partial charge in [0.15, 0.2) is 0 Å². The summed E-state index contributed by atoms with van der Waals surface area (Å²) in [5, 5.41) is 0. The lowest BCUT2D eigenvalue weighted by molar-refractivity contribution is 1.09. The maximum Gasteiger partial charge on any atom is 0.0264 e. The molecule has 0 heterocycles. The number of aryl methyl sites for hydroxylation is 4. The highest BCUT2D eigenvalue weighted by atomic mass is 35.5. The zero-order valence-electron chi connectivity index (χ0n) is 12.5. The highest BCUT2D eigenvalue weighted by Gasteiger charge is 2.05. The van der Waals surface area contributed by atoms with Gasteiger partial charge in [-0.05, 0) is 73.2 Å². The van der Waals surface area contributed by atoms with Gasteiger partial charge in [-0.15, -0.1) is 23.2 Å². The predicted octanol–water partition coefficient (Wildman–Crippen LogP) is 6.02. The van der Waals surface area contributed by atoms with Gasteiger partial charge in [0.1, 0.15) is 0 Å². The van der Waals surface area contributed by atoms with Crippen molar-refractivity contribution >= 4 is 35.0 Å². The van der Waals surface area contributed by atoms with Crippen LogP contribution in [0.25, 0.3) is 0 Å². The molecule has 0 amide bonds. The van der Waals surface area contributed by atoms with E-state index in [1.165, 1.54) is 32.0 Å². The van der Waals surface area contributed by atoms with Crippen LogP contribution in [-0.4, -0.2) is 11.8 Å². The van der Waals surface area contributed by atoms with Gasteiger partial charge in [-0.2, -0.15) is 0 Å². The van der Waals surface area contributed by atoms with Crippen LogP contribution >= 0.6 is 35.0 Å². The number of rotatable bonds is 6. The summed E-state index contributed by atoms with van der Waals surface area (Å²) in [4.78, 5) is 2.53. The van der Waals surface area contributed by atoms with E-state index in [1.807, 2.05) is 0 Å². The van der Waals surface area contributed by atoms with Gasteiger partial charge in [0.05, 0.1) is 0 Å². The summed E-state index contributed by atoms with van der Waals surface area (Å²) >= 11 is 13.5. The Labute approximate surface area is 141 Å². The van der Waals surface area contributed by atoms with Crippen LogP contribution in [0.2, 0.25) is 0 Å². The van der Waals surface area contributed by atoms with Crippen molar-refractivity contribution in [2.24, 2.45) is 0 Å². The van der Waals surface area contributed by atoms with Gasteiger partial charge in [-0.1, -0.05) is 23.9 Å². The second kappa shape index (κ2) is 8.12. The Morgan fingerprint density at radius 3 is 1.57 bits per heavy atom. The molecule has 112 valence electrons. The third-order valence-electron chi connectivity index (χ3n) is 3.60. The van der Waals surface area contributed by atoms with Gasteiger partial charge in [-0.25, -0.2) is 0 Å². The van der Waals surface area contributed by atoms with Gasteiger partial charge >= 0.3 is 0 Å². The minimum absolute atomic E-state index is 0.666. The topological polar surface area (TPSA) is 0 Å². The third kappa shape index (κ3) is 4.67. The molecule has 0 atom stereocenters. The highest BCUT2D eigenvalue weighted by Crippen LogP contribution is 2.31. The summed E-state index contributed by atoms with van der Waals surface area (Å²) < 4.78 is 0. The first-order valence-corrected chi connectivity index (χ1v) is 9.01. The van der Waals surface area contributed by atoms with Crippen LogP contribution < -0.4 is 0 Å². The van der Waals surface area contributed by atoms with Crippen LogP contribution in [-0.2, 0) is 12.8 Å². The van der Waals surface area contributed by atoms with Gasteiger partial charge in [-0.3, -0.25) is 0 Å². The van der Waals surface area contributed by atoms with E-state index in [1.54, 1.807) is 11.8 Å². The second-order valence-corrected chi connectivity index (χ2v) is 7.06. The highest BCUT2D eigenvalue weighted by molar-refractivity contribution is 7.99. The lowest BCUT2D eigenvalue weighted by Gasteiger charge is -2.10. The fourth-order valence-corrected chi connectivity index (χ4v) is 3.65. The first-order valence-electron chi connectivity index (χ1n) is 7.13. The van der Waals surface area contributed by atoms with Gasteiger partial charge < -0.3 is 0 Å². The molecule has 0 nitrogen and oxygen atoms in total. The molecule has 0 radical (unpaired) electrons. The molecule has 0 aliphatic heterocycles. The number of halogens is 2. The summed E-state index contributed by atoms with van der Waals surface area (Å²) in [6.45, 7) is 4.28. The van der Waals surface area contributed by atoms with Crippen LogP contribution in [0.4, 0.5) is 0 Å². The molecule has 2 aromatic rings. The van der Waals surface area contributed by atoms with Gasteiger partial charge in [0, 0.05) is 21.6 Å². The van der Waals surface area contributed by atoms with Crippen LogP contribution in [0, 0.1) is 13.8 Å².